The number of carbonyl (C=O) groups is 2. The topological polar surface area (TPSA) is 106 Å². The lowest BCUT2D eigenvalue weighted by atomic mass is 10.1. The lowest BCUT2D eigenvalue weighted by Crippen LogP contribution is -2.41. The second kappa shape index (κ2) is 12.8. The maximum absolute atomic E-state index is 13.0. The molecule has 1 heterocycles. The molecule has 0 spiro atoms. The number of benzene rings is 3. The number of ether oxygens (including phenoxy) is 2. The highest BCUT2D eigenvalue weighted by Gasteiger charge is 2.17. The fourth-order valence-electron chi connectivity index (χ4n) is 3.89. The summed E-state index contributed by atoms with van der Waals surface area (Å²) in [6.07, 6.45) is 0.683. The molecular weight excluding hydrogens is 456 g/mol. The van der Waals surface area contributed by atoms with Gasteiger partial charge in [-0.3, -0.25) is 14.5 Å². The number of amides is 2. The fraction of sp³-hybridized carbons (Fsp3) is 0.286. The molecule has 0 saturated carbocycles. The molecule has 3 aromatic carbocycles. The second-order valence-corrected chi connectivity index (χ2v) is 8.54. The molecule has 8 nitrogen and oxygen atoms in total. The van der Waals surface area contributed by atoms with Crippen LogP contribution < -0.4 is 21.1 Å². The van der Waals surface area contributed by atoms with Gasteiger partial charge in [0.2, 0.25) is 5.91 Å². The van der Waals surface area contributed by atoms with Gasteiger partial charge in [0.05, 0.1) is 32.1 Å². The normalized spacial score (nSPS) is 13.7. The first-order valence-corrected chi connectivity index (χ1v) is 12.2. The van der Waals surface area contributed by atoms with Gasteiger partial charge in [0.15, 0.2) is 0 Å². The number of nitrogens with two attached hydrogens (primary N) is 1. The minimum absolute atomic E-state index is 0.172. The lowest BCUT2D eigenvalue weighted by Gasteiger charge is -2.26. The van der Waals surface area contributed by atoms with Crippen LogP contribution in [0.2, 0.25) is 0 Å². The number of carbonyl (C=O) groups excluding carboxylic acids is 2. The van der Waals surface area contributed by atoms with Crippen LogP contribution in [0, 0.1) is 0 Å². The average Bonchev–Trinajstić information content (AvgIpc) is 2.91. The first kappa shape index (κ1) is 25.4. The Hall–Kier alpha value is -3.72. The highest BCUT2D eigenvalue weighted by atomic mass is 16.5. The molecular formula is C28H32N4O4. The number of nitrogens with one attached hydrogen (secondary N) is 2. The van der Waals surface area contributed by atoms with E-state index in [9.17, 15) is 9.59 Å². The van der Waals surface area contributed by atoms with Crippen LogP contribution >= 0.6 is 0 Å². The zero-order valence-corrected chi connectivity index (χ0v) is 20.2. The summed E-state index contributed by atoms with van der Waals surface area (Å²) in [7, 11) is 0. The van der Waals surface area contributed by atoms with Gasteiger partial charge in [-0.05, 0) is 54.4 Å². The predicted octanol–water partition coefficient (Wildman–Crippen LogP) is 3.60. The van der Waals surface area contributed by atoms with Gasteiger partial charge >= 0.3 is 0 Å². The van der Waals surface area contributed by atoms with Crippen molar-refractivity contribution in [3.05, 3.63) is 78.4 Å². The van der Waals surface area contributed by atoms with Crippen LogP contribution in [0.5, 0.6) is 5.75 Å². The maximum Gasteiger partial charge on any atom is 0.255 e. The third kappa shape index (κ3) is 7.14. The van der Waals surface area contributed by atoms with Crippen molar-refractivity contribution in [3.8, 4) is 16.9 Å². The zero-order chi connectivity index (χ0) is 25.2. The fourth-order valence-corrected chi connectivity index (χ4v) is 3.89. The van der Waals surface area contributed by atoms with Gasteiger partial charge in [-0.1, -0.05) is 42.5 Å². The maximum atomic E-state index is 13.0. The summed E-state index contributed by atoms with van der Waals surface area (Å²) >= 11 is 0. The van der Waals surface area contributed by atoms with Gasteiger partial charge in [-0.15, -0.1) is 0 Å². The van der Waals surface area contributed by atoms with Crippen LogP contribution in [0.1, 0.15) is 16.8 Å². The van der Waals surface area contributed by atoms with E-state index in [1.165, 1.54) is 0 Å². The van der Waals surface area contributed by atoms with Crippen molar-refractivity contribution in [2.45, 2.75) is 6.42 Å². The Labute approximate surface area is 211 Å². The number of morpholine rings is 1. The van der Waals surface area contributed by atoms with Gasteiger partial charge < -0.3 is 25.8 Å². The first-order valence-electron chi connectivity index (χ1n) is 12.2. The van der Waals surface area contributed by atoms with Crippen LogP contribution in [0.4, 0.5) is 11.4 Å². The SMILES string of the molecule is NCCCOc1ccc(C(=O)Nc2ccc(-c3ccccc3)cc2)cc1NC(=O)CN1CCOCC1. The van der Waals surface area contributed by atoms with E-state index in [2.05, 4.69) is 10.6 Å². The summed E-state index contributed by atoms with van der Waals surface area (Å²) in [5, 5.41) is 5.84. The molecule has 0 radical (unpaired) electrons. The van der Waals surface area contributed by atoms with Crippen LogP contribution in [-0.2, 0) is 9.53 Å². The van der Waals surface area contributed by atoms with E-state index in [-0.39, 0.29) is 18.4 Å². The molecule has 1 saturated heterocycles. The van der Waals surface area contributed by atoms with Gasteiger partial charge in [0.25, 0.3) is 5.91 Å². The highest BCUT2D eigenvalue weighted by Crippen LogP contribution is 2.27. The van der Waals surface area contributed by atoms with Crippen LogP contribution in [0.25, 0.3) is 11.1 Å². The summed E-state index contributed by atoms with van der Waals surface area (Å²) in [6.45, 7) is 3.81. The average molecular weight is 489 g/mol. The molecule has 0 aliphatic carbocycles. The molecule has 188 valence electrons. The van der Waals surface area contributed by atoms with Gasteiger partial charge in [-0.25, -0.2) is 0 Å². The molecule has 0 unspecified atom stereocenters. The van der Waals surface area contributed by atoms with Crippen LogP contribution in [0.3, 0.4) is 0 Å². The molecule has 1 aliphatic rings. The van der Waals surface area contributed by atoms with Crippen molar-refractivity contribution in [1.82, 2.24) is 4.90 Å². The molecule has 4 rings (SSSR count). The Morgan fingerprint density at radius 3 is 2.36 bits per heavy atom. The lowest BCUT2D eigenvalue weighted by molar-refractivity contribution is -0.118. The third-order valence-corrected chi connectivity index (χ3v) is 5.84. The van der Waals surface area contributed by atoms with E-state index in [0.29, 0.717) is 68.6 Å². The largest absolute Gasteiger partial charge is 0.491 e. The van der Waals surface area contributed by atoms with E-state index in [4.69, 9.17) is 15.2 Å². The van der Waals surface area contributed by atoms with Crippen LogP contribution in [-0.4, -0.2) is 62.7 Å². The van der Waals surface area contributed by atoms with Crippen molar-refractivity contribution in [3.63, 3.8) is 0 Å². The minimum atomic E-state index is -0.278. The number of rotatable bonds is 10. The number of hydrogen-bond donors (Lipinski definition) is 3. The summed E-state index contributed by atoms with van der Waals surface area (Å²) in [6, 6.07) is 22.8. The summed E-state index contributed by atoms with van der Waals surface area (Å²) in [4.78, 5) is 27.7. The Balaban J connectivity index is 1.45. The molecule has 1 aliphatic heterocycles. The molecule has 2 amide bonds. The van der Waals surface area contributed by atoms with E-state index < -0.39 is 0 Å². The molecule has 1 fully saturated rings. The van der Waals surface area contributed by atoms with Gasteiger partial charge in [-0.2, -0.15) is 0 Å². The number of hydrogen-bond acceptors (Lipinski definition) is 6. The van der Waals surface area contributed by atoms with E-state index in [1.54, 1.807) is 18.2 Å². The molecule has 8 heteroatoms. The molecule has 0 bridgehead atoms. The van der Waals surface area contributed by atoms with Crippen molar-refractivity contribution < 1.29 is 19.1 Å². The summed E-state index contributed by atoms with van der Waals surface area (Å²) in [5.74, 6) is 0.0526. The Bertz CT molecular complexity index is 1150. The third-order valence-electron chi connectivity index (χ3n) is 5.84. The second-order valence-electron chi connectivity index (χ2n) is 8.54. The molecule has 4 N–H and O–H groups in total. The highest BCUT2D eigenvalue weighted by molar-refractivity contribution is 6.06. The predicted molar refractivity (Wildman–Crippen MR) is 141 cm³/mol. The van der Waals surface area contributed by atoms with Gasteiger partial charge in [0, 0.05) is 24.3 Å². The van der Waals surface area contributed by atoms with Crippen molar-refractivity contribution in [1.29, 1.82) is 0 Å². The molecule has 36 heavy (non-hydrogen) atoms. The quantitative estimate of drug-likeness (QED) is 0.377. The number of anilines is 2. The monoisotopic (exact) mass is 488 g/mol. The summed E-state index contributed by atoms with van der Waals surface area (Å²) in [5.41, 5.74) is 9.30. The molecule has 0 aromatic heterocycles. The van der Waals surface area contributed by atoms with Crippen molar-refractivity contribution in [2.24, 2.45) is 5.73 Å². The minimum Gasteiger partial charge on any atom is -0.491 e. The van der Waals surface area contributed by atoms with Gasteiger partial charge in [0.1, 0.15) is 5.75 Å². The number of nitrogens with zero attached hydrogens (tertiary/aromatic N) is 1. The van der Waals surface area contributed by atoms with E-state index in [1.807, 2.05) is 59.5 Å². The standard InChI is InChI=1S/C28H32N4O4/c29-13-4-16-36-26-12-9-23(19-25(26)31-27(33)20-32-14-17-35-18-15-32)28(34)30-24-10-7-22(8-11-24)21-5-2-1-3-6-21/h1-3,5-12,19H,4,13-18,20,29H2,(H,30,34)(H,31,33). The molecule has 0 atom stereocenters. The smallest absolute Gasteiger partial charge is 0.255 e. The van der Waals surface area contributed by atoms with E-state index >= 15 is 0 Å². The van der Waals surface area contributed by atoms with Crippen molar-refractivity contribution in [2.75, 3.05) is 56.6 Å². The Morgan fingerprint density at radius 1 is 0.917 bits per heavy atom. The zero-order valence-electron chi connectivity index (χ0n) is 20.2. The Morgan fingerprint density at radius 2 is 1.64 bits per heavy atom. The van der Waals surface area contributed by atoms with Crippen LogP contribution in [0.15, 0.2) is 72.8 Å². The summed E-state index contributed by atoms with van der Waals surface area (Å²) < 4.78 is 11.2. The Kier molecular flexibility index (Phi) is 9.04. The molecule has 3 aromatic rings. The van der Waals surface area contributed by atoms with Crippen molar-refractivity contribution >= 4 is 23.2 Å². The first-order chi connectivity index (χ1) is 17.6. The van der Waals surface area contributed by atoms with E-state index in [0.717, 1.165) is 11.1 Å².